The molecule has 0 aliphatic carbocycles. The number of nitrogens with zero attached hydrogens (tertiary/aromatic N) is 1. The van der Waals surface area contributed by atoms with Gasteiger partial charge in [0, 0.05) is 31.7 Å². The number of anilines is 1. The van der Waals surface area contributed by atoms with Crippen molar-refractivity contribution < 1.29 is 18.0 Å². The molecule has 3 N–H and O–H groups in total. The van der Waals surface area contributed by atoms with E-state index in [1.807, 2.05) is 26.0 Å². The molecule has 1 aromatic rings. The molecule has 1 rings (SSSR count). The highest BCUT2D eigenvalue weighted by molar-refractivity contribution is 14.0. The molecule has 0 saturated heterocycles. The fourth-order valence-corrected chi connectivity index (χ4v) is 1.72. The number of guanidine groups is 1. The van der Waals surface area contributed by atoms with E-state index < -0.39 is 12.6 Å². The third-order valence-corrected chi connectivity index (χ3v) is 3.13. The van der Waals surface area contributed by atoms with Gasteiger partial charge >= 0.3 is 6.18 Å². The van der Waals surface area contributed by atoms with Crippen LogP contribution in [0.3, 0.4) is 0 Å². The number of rotatable bonds is 6. The largest absolute Gasteiger partial charge is 0.390 e. The molecule has 0 saturated carbocycles. The summed E-state index contributed by atoms with van der Waals surface area (Å²) in [4.78, 5) is 15.5. The highest BCUT2D eigenvalue weighted by Gasteiger charge is 2.26. The number of benzene rings is 1. The van der Waals surface area contributed by atoms with Crippen molar-refractivity contribution in [2.45, 2.75) is 33.0 Å². The summed E-state index contributed by atoms with van der Waals surface area (Å²) in [7, 11) is 1.49. The number of alkyl halides is 3. The van der Waals surface area contributed by atoms with Crippen LogP contribution in [-0.4, -0.2) is 31.6 Å². The molecule has 5 nitrogen and oxygen atoms in total. The van der Waals surface area contributed by atoms with Crippen LogP contribution in [0.2, 0.25) is 0 Å². The average molecular weight is 472 g/mol. The summed E-state index contributed by atoms with van der Waals surface area (Å²) in [5.41, 5.74) is 1.61. The average Bonchev–Trinajstić information content (AvgIpc) is 2.50. The monoisotopic (exact) mass is 472 g/mol. The van der Waals surface area contributed by atoms with Gasteiger partial charge in [-0.25, -0.2) is 0 Å². The fraction of sp³-hybridized carbons (Fsp3) is 0.500. The summed E-state index contributed by atoms with van der Waals surface area (Å²) < 4.78 is 36.3. The third kappa shape index (κ3) is 10.1. The number of hydrogen-bond donors (Lipinski definition) is 3. The summed E-state index contributed by atoms with van der Waals surface area (Å²) in [6.07, 6.45) is -5.11. The lowest BCUT2D eigenvalue weighted by Gasteiger charge is -2.13. The van der Waals surface area contributed by atoms with E-state index in [0.717, 1.165) is 5.56 Å². The van der Waals surface area contributed by atoms with Crippen molar-refractivity contribution >= 4 is 41.5 Å². The van der Waals surface area contributed by atoms with Crippen LogP contribution in [0.5, 0.6) is 0 Å². The van der Waals surface area contributed by atoms with E-state index in [2.05, 4.69) is 20.9 Å². The molecule has 9 heteroatoms. The summed E-state index contributed by atoms with van der Waals surface area (Å²) >= 11 is 0. The predicted molar refractivity (Wildman–Crippen MR) is 104 cm³/mol. The molecule has 0 heterocycles. The molecular weight excluding hydrogens is 448 g/mol. The van der Waals surface area contributed by atoms with E-state index in [1.165, 1.54) is 7.05 Å². The van der Waals surface area contributed by atoms with E-state index in [0.29, 0.717) is 18.2 Å². The van der Waals surface area contributed by atoms with Gasteiger partial charge in [-0.1, -0.05) is 26.0 Å². The van der Waals surface area contributed by atoms with Gasteiger partial charge in [-0.3, -0.25) is 9.79 Å². The van der Waals surface area contributed by atoms with Crippen molar-refractivity contribution in [2.75, 3.05) is 18.9 Å². The molecular formula is C16H24F3IN4O. The molecule has 1 aromatic carbocycles. The van der Waals surface area contributed by atoms with Crippen LogP contribution in [0.4, 0.5) is 18.9 Å². The molecule has 0 unspecified atom stereocenters. The standard InChI is InChI=1S/C16H23F3N4O.HI/c1-11(2)14(24)23-13-6-4-12(5-7-13)10-22-15(20-3)21-9-8-16(17,18)19;/h4-7,11H,8-10H2,1-3H3,(H,23,24)(H2,20,21,22);1H. The van der Waals surface area contributed by atoms with Gasteiger partial charge in [0.1, 0.15) is 0 Å². The SMILES string of the molecule is CN=C(NCCC(F)(F)F)NCc1ccc(NC(=O)C(C)C)cc1.I. The summed E-state index contributed by atoms with van der Waals surface area (Å²) in [5, 5.41) is 8.33. The lowest BCUT2D eigenvalue weighted by atomic mass is 10.1. The highest BCUT2D eigenvalue weighted by Crippen LogP contribution is 2.18. The molecule has 142 valence electrons. The Morgan fingerprint density at radius 2 is 1.76 bits per heavy atom. The lowest BCUT2D eigenvalue weighted by molar-refractivity contribution is -0.132. The second-order valence-electron chi connectivity index (χ2n) is 5.56. The Labute approximate surface area is 162 Å². The van der Waals surface area contributed by atoms with Crippen molar-refractivity contribution in [1.82, 2.24) is 10.6 Å². The maximum Gasteiger partial charge on any atom is 0.390 e. The quantitative estimate of drug-likeness (QED) is 0.338. The number of nitrogens with one attached hydrogen (secondary N) is 3. The van der Waals surface area contributed by atoms with Gasteiger partial charge in [-0.15, -0.1) is 24.0 Å². The Morgan fingerprint density at radius 3 is 2.24 bits per heavy atom. The number of carbonyl (C=O) groups is 1. The third-order valence-electron chi connectivity index (χ3n) is 3.13. The van der Waals surface area contributed by atoms with Gasteiger partial charge in [-0.2, -0.15) is 13.2 Å². The molecule has 0 bridgehead atoms. The highest BCUT2D eigenvalue weighted by atomic mass is 127. The van der Waals surface area contributed by atoms with Gasteiger partial charge in [0.2, 0.25) is 5.91 Å². The molecule has 0 radical (unpaired) electrons. The maximum absolute atomic E-state index is 12.1. The van der Waals surface area contributed by atoms with E-state index >= 15 is 0 Å². The van der Waals surface area contributed by atoms with Gasteiger partial charge in [0.15, 0.2) is 5.96 Å². The van der Waals surface area contributed by atoms with E-state index in [1.54, 1.807) is 12.1 Å². The van der Waals surface area contributed by atoms with E-state index in [9.17, 15) is 18.0 Å². The zero-order valence-corrected chi connectivity index (χ0v) is 16.7. The first-order valence-electron chi connectivity index (χ1n) is 7.62. The molecule has 0 aliphatic heterocycles. The van der Waals surface area contributed by atoms with Crippen molar-refractivity contribution in [1.29, 1.82) is 0 Å². The van der Waals surface area contributed by atoms with Crippen molar-refractivity contribution in [3.63, 3.8) is 0 Å². The number of amides is 1. The topological polar surface area (TPSA) is 65.5 Å². The molecule has 0 aliphatic rings. The van der Waals surface area contributed by atoms with Crippen LogP contribution in [0.1, 0.15) is 25.8 Å². The molecule has 0 aromatic heterocycles. The van der Waals surface area contributed by atoms with Gasteiger partial charge in [0.05, 0.1) is 6.42 Å². The Kier molecular flexibility index (Phi) is 10.5. The lowest BCUT2D eigenvalue weighted by Crippen LogP contribution is -2.38. The van der Waals surface area contributed by atoms with Crippen LogP contribution >= 0.6 is 24.0 Å². The van der Waals surface area contributed by atoms with Crippen LogP contribution in [0.15, 0.2) is 29.3 Å². The summed E-state index contributed by atoms with van der Waals surface area (Å²) in [6.45, 7) is 3.80. The molecule has 0 atom stereocenters. The Hall–Kier alpha value is -1.52. The minimum atomic E-state index is -4.19. The number of hydrogen-bond acceptors (Lipinski definition) is 2. The molecule has 1 amide bonds. The first kappa shape index (κ1) is 23.5. The van der Waals surface area contributed by atoms with Crippen molar-refractivity contribution in [3.8, 4) is 0 Å². The van der Waals surface area contributed by atoms with Crippen molar-refractivity contribution in [3.05, 3.63) is 29.8 Å². The Balaban J connectivity index is 0.00000576. The smallest absolute Gasteiger partial charge is 0.356 e. The predicted octanol–water partition coefficient (Wildman–Crippen LogP) is 3.52. The number of halogens is 4. The van der Waals surface area contributed by atoms with Gasteiger partial charge < -0.3 is 16.0 Å². The maximum atomic E-state index is 12.1. The summed E-state index contributed by atoms with van der Waals surface area (Å²) in [6, 6.07) is 7.20. The fourth-order valence-electron chi connectivity index (χ4n) is 1.72. The van der Waals surface area contributed by atoms with Crippen LogP contribution in [0.25, 0.3) is 0 Å². The number of aliphatic imine (C=N–C) groups is 1. The molecule has 0 spiro atoms. The zero-order chi connectivity index (χ0) is 18.2. The minimum absolute atomic E-state index is 0. The first-order chi connectivity index (χ1) is 11.2. The van der Waals surface area contributed by atoms with E-state index in [-0.39, 0.29) is 42.3 Å². The Bertz CT molecular complexity index is 559. The molecule has 0 fully saturated rings. The summed E-state index contributed by atoms with van der Waals surface area (Å²) in [5.74, 6) is 0.143. The number of carbonyl (C=O) groups excluding carboxylic acids is 1. The van der Waals surface area contributed by atoms with Crippen LogP contribution in [-0.2, 0) is 11.3 Å². The minimum Gasteiger partial charge on any atom is -0.356 e. The Morgan fingerprint density at radius 1 is 1.16 bits per heavy atom. The van der Waals surface area contributed by atoms with Crippen LogP contribution in [0, 0.1) is 5.92 Å². The van der Waals surface area contributed by atoms with Gasteiger partial charge in [0.25, 0.3) is 0 Å². The van der Waals surface area contributed by atoms with E-state index in [4.69, 9.17) is 0 Å². The normalized spacial score (nSPS) is 11.7. The van der Waals surface area contributed by atoms with Gasteiger partial charge in [-0.05, 0) is 17.7 Å². The molecule has 25 heavy (non-hydrogen) atoms. The second kappa shape index (κ2) is 11.2. The zero-order valence-electron chi connectivity index (χ0n) is 14.4. The first-order valence-corrected chi connectivity index (χ1v) is 7.62. The van der Waals surface area contributed by atoms with Crippen LogP contribution < -0.4 is 16.0 Å². The van der Waals surface area contributed by atoms with Crippen molar-refractivity contribution in [2.24, 2.45) is 10.9 Å². The second-order valence-corrected chi connectivity index (χ2v) is 5.56.